The molecule has 12 unspecified atom stereocenters. The minimum Gasteiger partial charge on any atom is -0.481 e. The first kappa shape index (κ1) is 49.7. The van der Waals surface area contributed by atoms with Crippen molar-refractivity contribution < 1.29 is 33.3 Å². The number of ketones is 2. The van der Waals surface area contributed by atoms with Gasteiger partial charge in [-0.2, -0.15) is 0 Å². The molecule has 1 saturated heterocycles. The predicted molar refractivity (Wildman–Crippen MR) is 243 cm³/mol. The van der Waals surface area contributed by atoms with E-state index in [-0.39, 0.29) is 57.1 Å². The number of aldehydes is 1. The Morgan fingerprint density at radius 2 is 1.57 bits per heavy atom. The lowest BCUT2D eigenvalue weighted by molar-refractivity contribution is -0.173. The van der Waals surface area contributed by atoms with Gasteiger partial charge in [-0.1, -0.05) is 47.1 Å². The van der Waals surface area contributed by atoms with Crippen molar-refractivity contribution in [1.82, 2.24) is 15.5 Å². The number of nitrogens with one attached hydrogen (secondary N) is 2. The maximum atomic E-state index is 13.8. The number of Topliss-reactive ketones (excluding diaryl/α,β-unsaturated/α-hetero) is 2. The molecule has 6 aliphatic carbocycles. The lowest BCUT2D eigenvalue weighted by Crippen LogP contribution is -2.60. The average molecular weight is 871 g/mol. The largest absolute Gasteiger partial charge is 0.481 e. The van der Waals surface area contributed by atoms with E-state index in [2.05, 4.69) is 64.8 Å². The molecule has 0 bridgehead atoms. The molecule has 7 aliphatic rings. The van der Waals surface area contributed by atoms with Crippen LogP contribution in [0.2, 0.25) is 0 Å². The minimum atomic E-state index is -0.756. The Labute approximate surface area is 370 Å². The van der Waals surface area contributed by atoms with Crippen molar-refractivity contribution in [2.24, 2.45) is 81.2 Å². The van der Waals surface area contributed by atoms with Crippen molar-refractivity contribution >= 4 is 40.5 Å². The Kier molecular flexibility index (Phi) is 16.2. The number of allylic oxidation sites excluding steroid dienone is 2. The van der Waals surface area contributed by atoms with E-state index in [0.29, 0.717) is 80.1 Å². The second-order valence-corrected chi connectivity index (χ2v) is 23.5. The van der Waals surface area contributed by atoms with Gasteiger partial charge < -0.3 is 26.3 Å². The van der Waals surface area contributed by atoms with E-state index in [1.165, 1.54) is 38.3 Å². The molecule has 0 radical (unpaired) electrons. The van der Waals surface area contributed by atoms with Gasteiger partial charge >= 0.3 is 5.97 Å². The second-order valence-electron chi connectivity index (χ2n) is 21.8. The molecule has 1 aliphatic heterocycles. The molecule has 61 heavy (non-hydrogen) atoms. The Balaban J connectivity index is 0.000000511. The van der Waals surface area contributed by atoms with Gasteiger partial charge in [-0.05, 0) is 149 Å². The Morgan fingerprint density at radius 1 is 0.951 bits per heavy atom. The molecule has 7 rings (SSSR count). The quantitative estimate of drug-likeness (QED) is 0.160. The monoisotopic (exact) mass is 871 g/mol. The van der Waals surface area contributed by atoms with Crippen LogP contribution >= 0.6 is 0 Å². The molecule has 5 N–H and O–H groups in total. The highest BCUT2D eigenvalue weighted by atomic mass is 32.2. The summed E-state index contributed by atoms with van der Waals surface area (Å²) in [5.41, 5.74) is 6.85. The van der Waals surface area contributed by atoms with Crippen molar-refractivity contribution in [3.63, 3.8) is 0 Å². The molecule has 0 aromatic carbocycles. The van der Waals surface area contributed by atoms with Crippen molar-refractivity contribution in [2.75, 3.05) is 51.8 Å². The number of likely N-dealkylation sites (N-methyl/N-ethyl adjacent to an activating group) is 1. The number of hydrogen-bond donors (Lipinski definition) is 4. The highest BCUT2D eigenvalue weighted by Gasteiger charge is 2.65. The molecule has 0 aromatic heterocycles. The summed E-state index contributed by atoms with van der Waals surface area (Å²) in [7, 11) is 2.80. The summed E-state index contributed by atoms with van der Waals surface area (Å²) in [6.07, 6.45) is 11.9. The van der Waals surface area contributed by atoms with Gasteiger partial charge in [-0.25, -0.2) is 0 Å². The normalized spacial score (nSPS) is 38.6. The lowest BCUT2D eigenvalue weighted by Gasteiger charge is -2.67. The molecule has 12 atom stereocenters. The fourth-order valence-electron chi connectivity index (χ4n) is 14.3. The first-order valence-corrected chi connectivity index (χ1v) is 25.3. The van der Waals surface area contributed by atoms with E-state index >= 15 is 0 Å². The molecular formula is C49H82N4O7S. The van der Waals surface area contributed by atoms with Gasteiger partial charge in [0.2, 0.25) is 5.91 Å². The van der Waals surface area contributed by atoms with Gasteiger partial charge in [0, 0.05) is 78.1 Å². The van der Waals surface area contributed by atoms with Crippen LogP contribution in [-0.2, 0) is 34.8 Å². The second kappa shape index (κ2) is 19.9. The van der Waals surface area contributed by atoms with Crippen LogP contribution in [0, 0.1) is 75.4 Å². The first-order valence-electron chi connectivity index (χ1n) is 23.8. The summed E-state index contributed by atoms with van der Waals surface area (Å²) in [6.45, 7) is 20.8. The van der Waals surface area contributed by atoms with Gasteiger partial charge in [0.15, 0.2) is 5.78 Å². The summed E-state index contributed by atoms with van der Waals surface area (Å²) in [5.74, 6) is 4.08. The summed E-state index contributed by atoms with van der Waals surface area (Å²) in [5, 5.41) is 15.9. The summed E-state index contributed by atoms with van der Waals surface area (Å²) < 4.78 is 10.8. The van der Waals surface area contributed by atoms with Crippen molar-refractivity contribution in [2.45, 2.75) is 138 Å². The Morgan fingerprint density at radius 3 is 2.16 bits per heavy atom. The fourth-order valence-corrected chi connectivity index (χ4v) is 15.4. The predicted octanol–water partition coefficient (Wildman–Crippen LogP) is 6.45. The number of carbonyl (C=O) groups is 5. The molecule has 0 aromatic rings. The number of amides is 1. The van der Waals surface area contributed by atoms with Crippen LogP contribution in [0.4, 0.5) is 0 Å². The highest BCUT2D eigenvalue weighted by molar-refractivity contribution is 7.85. The molecule has 5 saturated carbocycles. The Bertz CT molecular complexity index is 1690. The first-order chi connectivity index (χ1) is 28.7. The van der Waals surface area contributed by atoms with Gasteiger partial charge in [0.1, 0.15) is 12.1 Å². The molecule has 0 spiro atoms. The number of rotatable bonds is 12. The number of nitrogens with zero attached hydrogens (tertiary/aromatic N) is 1. The number of hydrogen-bond acceptors (Lipinski definition) is 9. The van der Waals surface area contributed by atoms with Crippen LogP contribution in [0.25, 0.3) is 0 Å². The fraction of sp³-hybridized carbons (Fsp3) is 0.857. The maximum Gasteiger partial charge on any atom is 0.306 e. The summed E-state index contributed by atoms with van der Waals surface area (Å²) in [4.78, 5) is 64.4. The van der Waals surface area contributed by atoms with Crippen LogP contribution < -0.4 is 16.4 Å². The molecule has 6 fully saturated rings. The van der Waals surface area contributed by atoms with Crippen LogP contribution in [0.5, 0.6) is 0 Å². The molecule has 1 amide bonds. The maximum absolute atomic E-state index is 13.8. The van der Waals surface area contributed by atoms with Gasteiger partial charge in [0.05, 0.1) is 12.5 Å². The number of carbonyl (C=O) groups excluding carboxylic acids is 4. The zero-order valence-corrected chi connectivity index (χ0v) is 40.2. The molecular weight excluding hydrogens is 789 g/mol. The van der Waals surface area contributed by atoms with Gasteiger partial charge in [-0.3, -0.25) is 28.3 Å². The number of carboxylic acids is 1. The topological polar surface area (TPSA) is 176 Å². The van der Waals surface area contributed by atoms with E-state index in [1.54, 1.807) is 0 Å². The highest BCUT2D eigenvalue weighted by Crippen LogP contribution is 2.72. The van der Waals surface area contributed by atoms with E-state index in [0.717, 1.165) is 62.1 Å². The van der Waals surface area contributed by atoms with Crippen LogP contribution in [0.15, 0.2) is 11.1 Å². The number of nitrogens with two attached hydrogens (primary N) is 1. The molecule has 1 heterocycles. The zero-order chi connectivity index (χ0) is 45.2. The number of aliphatic carboxylic acids is 1. The number of fused-ring (bicyclic) bond motifs is 7. The van der Waals surface area contributed by atoms with E-state index < -0.39 is 16.8 Å². The zero-order valence-electron chi connectivity index (χ0n) is 39.4. The SMILES string of the molecule is CN.CNC(C)(C)CNC(=O)CC12CCC3C(CCC4C3(C)CCC3C(C)C(CC(=O)C5CC(C(=O)O)C5C)CCC34C)C1=C(C(C)C)C(=O)C2.O=CCN1CCS(=O)CC1. The van der Waals surface area contributed by atoms with Crippen LogP contribution in [0.3, 0.4) is 0 Å². The third kappa shape index (κ3) is 9.87. The van der Waals surface area contributed by atoms with Gasteiger partial charge in [-0.15, -0.1) is 0 Å². The summed E-state index contributed by atoms with van der Waals surface area (Å²) in [6, 6.07) is 0. The van der Waals surface area contributed by atoms with Crippen molar-refractivity contribution in [3.05, 3.63) is 11.1 Å². The molecule has 11 nitrogen and oxygen atoms in total. The van der Waals surface area contributed by atoms with Crippen molar-refractivity contribution in [1.29, 1.82) is 0 Å². The molecule has 12 heteroatoms. The smallest absolute Gasteiger partial charge is 0.306 e. The third-order valence-electron chi connectivity index (χ3n) is 18.0. The number of carboxylic acid groups (broad SMARTS) is 1. The van der Waals surface area contributed by atoms with E-state index in [1.807, 2.05) is 18.9 Å². The third-order valence-corrected chi connectivity index (χ3v) is 19.3. The minimum absolute atomic E-state index is 0.0460. The van der Waals surface area contributed by atoms with E-state index in [9.17, 15) is 33.3 Å². The van der Waals surface area contributed by atoms with Crippen LogP contribution in [0.1, 0.15) is 132 Å². The van der Waals surface area contributed by atoms with Crippen molar-refractivity contribution in [3.8, 4) is 0 Å². The molecule has 346 valence electrons. The average Bonchev–Trinajstić information content (AvgIpc) is 3.51. The summed E-state index contributed by atoms with van der Waals surface area (Å²) >= 11 is 0. The standard InChI is InChI=1S/C42H66N2O5.C6H11NO2S.CH5N/c1-23(2)36-33(46)20-42(21-35(47)44-22-39(5,6)43-9)17-14-31-27(37(36)42)10-11-34-40(7)15-12-26(24(3)30(40)13-16-41(31,34)8)18-32(45)28-19-29(25(28)4)38(48)49;8-4-1-7-2-5-10(9)6-3-7;1-2/h23-31,34,43H,10-22H2,1-9H3,(H,44,47)(H,48,49);4H,1-3,5-6H2;2H2,1H3. The van der Waals surface area contributed by atoms with E-state index in [4.69, 9.17) is 0 Å². The lowest BCUT2D eigenvalue weighted by atomic mass is 9.37. The van der Waals surface area contributed by atoms with Gasteiger partial charge in [0.25, 0.3) is 0 Å². The Hall–Kier alpha value is -2.28. The van der Waals surface area contributed by atoms with Crippen LogP contribution in [-0.4, -0.2) is 101 Å².